The highest BCUT2D eigenvalue weighted by molar-refractivity contribution is 6.32. The fraction of sp³-hybridized carbons (Fsp3) is 0.455. The van der Waals surface area contributed by atoms with E-state index < -0.39 is 0 Å². The molecule has 3 heteroatoms. The van der Waals surface area contributed by atoms with Crippen molar-refractivity contribution >= 4 is 11.6 Å². The lowest BCUT2D eigenvalue weighted by Gasteiger charge is -2.13. The van der Waals surface area contributed by atoms with Crippen molar-refractivity contribution in [1.29, 1.82) is 0 Å². The van der Waals surface area contributed by atoms with E-state index >= 15 is 0 Å². The predicted octanol–water partition coefficient (Wildman–Crippen LogP) is 2.57. The van der Waals surface area contributed by atoms with E-state index in [0.29, 0.717) is 17.5 Å². The molecule has 0 bridgehead atoms. The normalized spacial score (nSPS) is 12.5. The molecule has 0 amide bonds. The zero-order valence-corrected chi connectivity index (χ0v) is 9.34. The van der Waals surface area contributed by atoms with Crippen LogP contribution < -0.4 is 10.1 Å². The van der Waals surface area contributed by atoms with Gasteiger partial charge in [0.25, 0.3) is 0 Å². The Kier molecular flexibility index (Phi) is 4.77. The molecule has 0 aliphatic heterocycles. The number of para-hydroxylation sites is 1. The molecule has 0 radical (unpaired) electrons. The molecular formula is C11H16ClNO. The summed E-state index contributed by atoms with van der Waals surface area (Å²) in [6.45, 7) is 3.77. The number of rotatable bonds is 5. The molecule has 1 aromatic carbocycles. The van der Waals surface area contributed by atoms with E-state index in [1.807, 2.05) is 31.3 Å². The van der Waals surface area contributed by atoms with Crippen LogP contribution in [0.3, 0.4) is 0 Å². The number of halogens is 1. The minimum atomic E-state index is 0.483. The second-order valence-corrected chi connectivity index (χ2v) is 3.81. The van der Waals surface area contributed by atoms with Crippen molar-refractivity contribution in [2.24, 2.45) is 5.92 Å². The molecule has 78 valence electrons. The Morgan fingerprint density at radius 2 is 2.14 bits per heavy atom. The standard InChI is InChI=1S/C11H16ClNO/c1-9(7-13-2)8-14-11-6-4-3-5-10(11)12/h3-6,9,13H,7-8H2,1-2H3. The van der Waals surface area contributed by atoms with Crippen LogP contribution in [-0.2, 0) is 0 Å². The molecule has 0 aromatic heterocycles. The van der Waals surface area contributed by atoms with Crippen molar-refractivity contribution in [1.82, 2.24) is 5.32 Å². The van der Waals surface area contributed by atoms with Crippen LogP contribution in [-0.4, -0.2) is 20.2 Å². The molecule has 1 aromatic rings. The SMILES string of the molecule is CNCC(C)COc1ccccc1Cl. The van der Waals surface area contributed by atoms with Crippen molar-refractivity contribution in [2.45, 2.75) is 6.92 Å². The van der Waals surface area contributed by atoms with Crippen molar-refractivity contribution in [3.63, 3.8) is 0 Å². The summed E-state index contributed by atoms with van der Waals surface area (Å²) >= 11 is 5.94. The van der Waals surface area contributed by atoms with E-state index in [9.17, 15) is 0 Å². The van der Waals surface area contributed by atoms with E-state index in [2.05, 4.69) is 12.2 Å². The Balaban J connectivity index is 2.41. The lowest BCUT2D eigenvalue weighted by Crippen LogP contribution is -2.21. The average molecular weight is 214 g/mol. The van der Waals surface area contributed by atoms with Crippen LogP contribution in [0.1, 0.15) is 6.92 Å². The lowest BCUT2D eigenvalue weighted by molar-refractivity contribution is 0.258. The van der Waals surface area contributed by atoms with Crippen LogP contribution in [0, 0.1) is 5.92 Å². The number of benzene rings is 1. The van der Waals surface area contributed by atoms with Gasteiger partial charge in [-0.05, 0) is 19.2 Å². The maximum absolute atomic E-state index is 5.94. The lowest BCUT2D eigenvalue weighted by atomic mass is 10.2. The summed E-state index contributed by atoms with van der Waals surface area (Å²) in [5.74, 6) is 1.24. The second-order valence-electron chi connectivity index (χ2n) is 3.40. The highest BCUT2D eigenvalue weighted by Gasteiger charge is 2.03. The number of nitrogens with one attached hydrogen (secondary N) is 1. The summed E-state index contributed by atoms with van der Waals surface area (Å²) in [4.78, 5) is 0. The summed E-state index contributed by atoms with van der Waals surface area (Å²) < 4.78 is 5.58. The Hall–Kier alpha value is -0.730. The fourth-order valence-corrected chi connectivity index (χ4v) is 1.39. The Labute approximate surface area is 90.2 Å². The summed E-state index contributed by atoms with van der Waals surface area (Å²) in [7, 11) is 1.94. The van der Waals surface area contributed by atoms with E-state index in [0.717, 1.165) is 12.3 Å². The van der Waals surface area contributed by atoms with Gasteiger partial charge in [0, 0.05) is 12.5 Å². The highest BCUT2D eigenvalue weighted by atomic mass is 35.5. The van der Waals surface area contributed by atoms with Crippen LogP contribution in [0.15, 0.2) is 24.3 Å². The van der Waals surface area contributed by atoms with Gasteiger partial charge in [0.05, 0.1) is 11.6 Å². The summed E-state index contributed by atoms with van der Waals surface area (Å²) in [6, 6.07) is 7.53. The highest BCUT2D eigenvalue weighted by Crippen LogP contribution is 2.23. The van der Waals surface area contributed by atoms with Gasteiger partial charge in [-0.15, -0.1) is 0 Å². The first-order valence-electron chi connectivity index (χ1n) is 4.76. The fourth-order valence-electron chi connectivity index (χ4n) is 1.20. The van der Waals surface area contributed by atoms with Gasteiger partial charge in [-0.1, -0.05) is 30.7 Å². The van der Waals surface area contributed by atoms with E-state index in [-0.39, 0.29) is 0 Å². The van der Waals surface area contributed by atoms with Crippen LogP contribution in [0.2, 0.25) is 5.02 Å². The molecule has 0 saturated carbocycles. The largest absolute Gasteiger partial charge is 0.492 e. The molecule has 0 spiro atoms. The van der Waals surface area contributed by atoms with Gasteiger partial charge in [0.15, 0.2) is 0 Å². The monoisotopic (exact) mass is 213 g/mol. The predicted molar refractivity (Wildman–Crippen MR) is 60.0 cm³/mol. The van der Waals surface area contributed by atoms with Gasteiger partial charge in [-0.25, -0.2) is 0 Å². The molecule has 0 saturated heterocycles. The molecule has 0 heterocycles. The molecule has 0 aliphatic rings. The molecule has 1 rings (SSSR count). The molecule has 1 N–H and O–H groups in total. The van der Waals surface area contributed by atoms with Crippen LogP contribution in [0.25, 0.3) is 0 Å². The smallest absolute Gasteiger partial charge is 0.137 e. The maximum Gasteiger partial charge on any atom is 0.137 e. The molecular weight excluding hydrogens is 198 g/mol. The van der Waals surface area contributed by atoms with E-state index in [4.69, 9.17) is 16.3 Å². The first kappa shape index (κ1) is 11.3. The average Bonchev–Trinajstić information content (AvgIpc) is 2.17. The van der Waals surface area contributed by atoms with Crippen molar-refractivity contribution < 1.29 is 4.74 Å². The zero-order chi connectivity index (χ0) is 10.4. The third-order valence-electron chi connectivity index (χ3n) is 1.91. The molecule has 1 unspecified atom stereocenters. The number of hydrogen-bond donors (Lipinski definition) is 1. The maximum atomic E-state index is 5.94. The Morgan fingerprint density at radius 1 is 1.43 bits per heavy atom. The molecule has 1 atom stereocenters. The third kappa shape index (κ3) is 3.56. The quantitative estimate of drug-likeness (QED) is 0.812. The first-order chi connectivity index (χ1) is 6.74. The minimum Gasteiger partial charge on any atom is -0.492 e. The van der Waals surface area contributed by atoms with E-state index in [1.165, 1.54) is 0 Å². The summed E-state index contributed by atoms with van der Waals surface area (Å²) in [5, 5.41) is 3.78. The first-order valence-corrected chi connectivity index (χ1v) is 5.13. The number of ether oxygens (including phenoxy) is 1. The van der Waals surface area contributed by atoms with Crippen LogP contribution >= 0.6 is 11.6 Å². The minimum absolute atomic E-state index is 0.483. The molecule has 2 nitrogen and oxygen atoms in total. The van der Waals surface area contributed by atoms with Crippen LogP contribution in [0.4, 0.5) is 0 Å². The van der Waals surface area contributed by atoms with E-state index in [1.54, 1.807) is 0 Å². The van der Waals surface area contributed by atoms with Gasteiger partial charge < -0.3 is 10.1 Å². The van der Waals surface area contributed by atoms with Crippen molar-refractivity contribution in [2.75, 3.05) is 20.2 Å². The van der Waals surface area contributed by atoms with Gasteiger partial charge in [-0.2, -0.15) is 0 Å². The molecule has 0 fully saturated rings. The van der Waals surface area contributed by atoms with Crippen molar-refractivity contribution in [3.05, 3.63) is 29.3 Å². The second kappa shape index (κ2) is 5.89. The van der Waals surface area contributed by atoms with Crippen molar-refractivity contribution in [3.8, 4) is 5.75 Å². The van der Waals surface area contributed by atoms with Gasteiger partial charge >= 0.3 is 0 Å². The summed E-state index contributed by atoms with van der Waals surface area (Å²) in [6.07, 6.45) is 0. The topological polar surface area (TPSA) is 21.3 Å². The Morgan fingerprint density at radius 3 is 2.79 bits per heavy atom. The molecule has 0 aliphatic carbocycles. The zero-order valence-electron chi connectivity index (χ0n) is 8.59. The summed E-state index contributed by atoms with van der Waals surface area (Å²) in [5.41, 5.74) is 0. The van der Waals surface area contributed by atoms with Gasteiger partial charge in [0.2, 0.25) is 0 Å². The number of hydrogen-bond acceptors (Lipinski definition) is 2. The Bertz CT molecular complexity index is 278. The van der Waals surface area contributed by atoms with Gasteiger partial charge in [0.1, 0.15) is 5.75 Å². The van der Waals surface area contributed by atoms with Crippen LogP contribution in [0.5, 0.6) is 5.75 Å². The molecule has 14 heavy (non-hydrogen) atoms. The third-order valence-corrected chi connectivity index (χ3v) is 2.22. The van der Waals surface area contributed by atoms with Gasteiger partial charge in [-0.3, -0.25) is 0 Å².